The molecule has 0 radical (unpaired) electrons. The van der Waals surface area contributed by atoms with E-state index in [9.17, 15) is 0 Å². The van der Waals surface area contributed by atoms with E-state index in [2.05, 4.69) is 35.8 Å². The van der Waals surface area contributed by atoms with Crippen LogP contribution in [0.5, 0.6) is 0 Å². The fourth-order valence-electron chi connectivity index (χ4n) is 2.15. The summed E-state index contributed by atoms with van der Waals surface area (Å²) < 4.78 is 0. The van der Waals surface area contributed by atoms with Crippen molar-refractivity contribution in [1.29, 1.82) is 0 Å². The van der Waals surface area contributed by atoms with Gasteiger partial charge in [0.15, 0.2) is 0 Å². The van der Waals surface area contributed by atoms with Crippen LogP contribution in [0.25, 0.3) is 0 Å². The van der Waals surface area contributed by atoms with E-state index in [-0.39, 0.29) is 6.04 Å². The molecule has 2 rings (SSSR count). The molecule has 112 valence electrons. The summed E-state index contributed by atoms with van der Waals surface area (Å²) in [6, 6.07) is 8.01. The van der Waals surface area contributed by atoms with Crippen LogP contribution in [0, 0.1) is 0 Å². The van der Waals surface area contributed by atoms with E-state index >= 15 is 0 Å². The van der Waals surface area contributed by atoms with Crippen molar-refractivity contribution in [3.8, 4) is 0 Å². The van der Waals surface area contributed by atoms with Crippen LogP contribution in [0.2, 0.25) is 5.02 Å². The van der Waals surface area contributed by atoms with Crippen molar-refractivity contribution in [3.05, 3.63) is 69.8 Å². The molecule has 2 nitrogen and oxygen atoms in total. The molecule has 0 spiro atoms. The van der Waals surface area contributed by atoms with Crippen molar-refractivity contribution < 1.29 is 0 Å². The molecule has 0 bridgehead atoms. The molecular formula is C17H20Cl2N2. The Morgan fingerprint density at radius 2 is 2.00 bits per heavy atom. The normalized spacial score (nSPS) is 18.1. The summed E-state index contributed by atoms with van der Waals surface area (Å²) in [6.07, 6.45) is 9.23. The first-order chi connectivity index (χ1) is 10.2. The van der Waals surface area contributed by atoms with E-state index in [4.69, 9.17) is 23.2 Å². The standard InChI is InChI=1S/C17H20Cl2N2/c1-2-13-6-7-16(19)10-17(9-13)21-12-20-11-14-4-3-5-15(18)8-14/h3-10,17,20-21H,2,11-12H2,1H3. The fraction of sp³-hybridized carbons (Fsp3) is 0.294. The van der Waals surface area contributed by atoms with Crippen molar-refractivity contribution in [3.63, 3.8) is 0 Å². The summed E-state index contributed by atoms with van der Waals surface area (Å²) in [5.41, 5.74) is 2.46. The Hall–Kier alpha value is -1.06. The molecule has 1 aliphatic carbocycles. The predicted octanol–water partition coefficient (Wildman–Crippen LogP) is 4.37. The van der Waals surface area contributed by atoms with Gasteiger partial charge in [0.1, 0.15) is 0 Å². The van der Waals surface area contributed by atoms with Gasteiger partial charge < -0.3 is 5.32 Å². The summed E-state index contributed by atoms with van der Waals surface area (Å²) in [7, 11) is 0. The second-order valence-electron chi connectivity index (χ2n) is 4.94. The van der Waals surface area contributed by atoms with Gasteiger partial charge in [-0.15, -0.1) is 0 Å². The highest BCUT2D eigenvalue weighted by molar-refractivity contribution is 6.31. The molecule has 0 fully saturated rings. The predicted molar refractivity (Wildman–Crippen MR) is 91.5 cm³/mol. The van der Waals surface area contributed by atoms with Crippen LogP contribution in [0.1, 0.15) is 18.9 Å². The van der Waals surface area contributed by atoms with Crippen LogP contribution in [0.3, 0.4) is 0 Å². The Labute approximate surface area is 136 Å². The molecule has 2 N–H and O–H groups in total. The monoisotopic (exact) mass is 322 g/mol. The van der Waals surface area contributed by atoms with Gasteiger partial charge in [0, 0.05) is 29.3 Å². The van der Waals surface area contributed by atoms with Gasteiger partial charge in [0.05, 0.1) is 0 Å². The average molecular weight is 323 g/mol. The van der Waals surface area contributed by atoms with Crippen LogP contribution >= 0.6 is 23.2 Å². The van der Waals surface area contributed by atoms with Gasteiger partial charge in [0.2, 0.25) is 0 Å². The number of allylic oxidation sites excluding steroid dienone is 4. The van der Waals surface area contributed by atoms with Crippen LogP contribution in [-0.2, 0) is 6.54 Å². The largest absolute Gasteiger partial charge is 0.300 e. The highest BCUT2D eigenvalue weighted by atomic mass is 35.5. The molecule has 0 heterocycles. The van der Waals surface area contributed by atoms with Gasteiger partial charge in [-0.3, -0.25) is 5.32 Å². The smallest absolute Gasteiger partial charge is 0.0468 e. The van der Waals surface area contributed by atoms with Gasteiger partial charge >= 0.3 is 0 Å². The SMILES string of the molecule is CCC1=CC(NCNCc2cccc(Cl)c2)C=C(Cl)C=C1. The van der Waals surface area contributed by atoms with E-state index in [1.165, 1.54) is 11.1 Å². The zero-order chi connectivity index (χ0) is 15.1. The van der Waals surface area contributed by atoms with Crippen LogP contribution in [0.15, 0.2) is 59.2 Å². The Morgan fingerprint density at radius 1 is 1.14 bits per heavy atom. The maximum Gasteiger partial charge on any atom is 0.0468 e. The highest BCUT2D eigenvalue weighted by Crippen LogP contribution is 2.15. The maximum absolute atomic E-state index is 6.13. The lowest BCUT2D eigenvalue weighted by Gasteiger charge is -2.13. The molecule has 21 heavy (non-hydrogen) atoms. The molecule has 1 aliphatic rings. The fourth-order valence-corrected chi connectivity index (χ4v) is 2.56. The Kier molecular flexibility index (Phi) is 6.52. The molecule has 0 saturated heterocycles. The number of hydrogen-bond acceptors (Lipinski definition) is 2. The van der Waals surface area contributed by atoms with Gasteiger partial charge in [0.25, 0.3) is 0 Å². The summed E-state index contributed by atoms with van der Waals surface area (Å²) in [5.74, 6) is 0. The Morgan fingerprint density at radius 3 is 2.76 bits per heavy atom. The van der Waals surface area contributed by atoms with Crippen molar-refractivity contribution >= 4 is 23.2 Å². The third-order valence-electron chi connectivity index (χ3n) is 3.28. The molecule has 1 unspecified atom stereocenters. The number of hydrogen-bond donors (Lipinski definition) is 2. The second kappa shape index (κ2) is 8.40. The quantitative estimate of drug-likeness (QED) is 0.600. The maximum atomic E-state index is 6.13. The Balaban J connectivity index is 1.81. The van der Waals surface area contributed by atoms with Crippen molar-refractivity contribution in [1.82, 2.24) is 10.6 Å². The van der Waals surface area contributed by atoms with Gasteiger partial charge in [-0.05, 0) is 36.3 Å². The van der Waals surface area contributed by atoms with E-state index in [0.717, 1.165) is 23.0 Å². The minimum atomic E-state index is 0.148. The minimum absolute atomic E-state index is 0.148. The topological polar surface area (TPSA) is 24.1 Å². The number of benzene rings is 1. The lowest BCUT2D eigenvalue weighted by Crippen LogP contribution is -2.34. The van der Waals surface area contributed by atoms with Crippen molar-refractivity contribution in [2.45, 2.75) is 25.9 Å². The summed E-state index contributed by atoms with van der Waals surface area (Å²) >= 11 is 12.1. The Bertz CT molecular complexity index is 562. The zero-order valence-corrected chi connectivity index (χ0v) is 13.6. The molecule has 0 aliphatic heterocycles. The first kappa shape index (κ1) is 16.3. The molecule has 0 saturated carbocycles. The van der Waals surface area contributed by atoms with E-state index in [1.54, 1.807) is 0 Å². The molecule has 0 aromatic heterocycles. The molecule has 1 aromatic carbocycles. The minimum Gasteiger partial charge on any atom is -0.300 e. The van der Waals surface area contributed by atoms with Crippen LogP contribution < -0.4 is 10.6 Å². The van der Waals surface area contributed by atoms with E-state index < -0.39 is 0 Å². The van der Waals surface area contributed by atoms with Gasteiger partial charge in [-0.25, -0.2) is 0 Å². The molecular weight excluding hydrogens is 303 g/mol. The van der Waals surface area contributed by atoms with E-state index in [1.807, 2.05) is 30.4 Å². The summed E-state index contributed by atoms with van der Waals surface area (Å²) in [6.45, 7) is 3.62. The van der Waals surface area contributed by atoms with E-state index in [0.29, 0.717) is 6.67 Å². The summed E-state index contributed by atoms with van der Waals surface area (Å²) in [4.78, 5) is 0. The lowest BCUT2D eigenvalue weighted by atomic mass is 10.1. The van der Waals surface area contributed by atoms with Crippen molar-refractivity contribution in [2.75, 3.05) is 6.67 Å². The third-order valence-corrected chi connectivity index (χ3v) is 3.77. The number of rotatable bonds is 6. The lowest BCUT2D eigenvalue weighted by molar-refractivity contribution is 0.572. The summed E-state index contributed by atoms with van der Waals surface area (Å²) in [5, 5.41) is 8.30. The first-order valence-electron chi connectivity index (χ1n) is 7.12. The molecule has 4 heteroatoms. The van der Waals surface area contributed by atoms with Gasteiger partial charge in [-0.2, -0.15) is 0 Å². The first-order valence-corrected chi connectivity index (χ1v) is 7.87. The van der Waals surface area contributed by atoms with Crippen molar-refractivity contribution in [2.24, 2.45) is 0 Å². The van der Waals surface area contributed by atoms with Crippen LogP contribution in [-0.4, -0.2) is 12.7 Å². The van der Waals surface area contributed by atoms with Crippen LogP contribution in [0.4, 0.5) is 0 Å². The highest BCUT2D eigenvalue weighted by Gasteiger charge is 2.06. The number of nitrogens with one attached hydrogen (secondary N) is 2. The molecule has 1 atom stereocenters. The van der Waals surface area contributed by atoms with Gasteiger partial charge in [-0.1, -0.05) is 60.0 Å². The average Bonchev–Trinajstić information content (AvgIpc) is 2.65. The second-order valence-corrected chi connectivity index (χ2v) is 5.82. The molecule has 1 aromatic rings. The number of halogens is 2. The zero-order valence-electron chi connectivity index (χ0n) is 12.1. The molecule has 0 amide bonds. The third kappa shape index (κ3) is 5.68.